The van der Waals surface area contributed by atoms with E-state index in [4.69, 9.17) is 5.73 Å². The lowest BCUT2D eigenvalue weighted by Crippen LogP contribution is -2.31. The molecule has 0 radical (unpaired) electrons. The molecule has 0 fully saturated rings. The monoisotopic (exact) mass is 210 g/mol. The number of pyridine rings is 1. The summed E-state index contributed by atoms with van der Waals surface area (Å²) in [6.45, 7) is 5.04. The summed E-state index contributed by atoms with van der Waals surface area (Å²) >= 11 is 0. The first kappa shape index (κ1) is 11.3. The number of nitrogens with zero attached hydrogens (tertiary/aromatic N) is 1. The van der Waals surface area contributed by atoms with Crippen LogP contribution in [0.4, 0.5) is 0 Å². The fourth-order valence-corrected chi connectivity index (χ4v) is 1.53. The van der Waals surface area contributed by atoms with Crippen LogP contribution in [-0.2, 0) is 0 Å². The minimum absolute atomic E-state index is 0.0681. The first-order valence-electron chi connectivity index (χ1n) is 4.61. The maximum Gasteiger partial charge on any atom is 0.266 e. The van der Waals surface area contributed by atoms with Gasteiger partial charge in [-0.25, -0.2) is 0 Å². The van der Waals surface area contributed by atoms with Gasteiger partial charge in [0.15, 0.2) is 5.88 Å². The fraction of sp³-hybridized carbons (Fsp3) is 0.400. The Kier molecular flexibility index (Phi) is 2.83. The molecule has 0 aromatic carbocycles. The van der Waals surface area contributed by atoms with Crippen molar-refractivity contribution in [3.8, 4) is 5.88 Å². The standard InChI is InChI=1S/C10H14N2O3/c1-5(2)12-7(13)4-6(3)8(9(11)14)10(12)15/h4-5,13H,1-3H3,(H2,11,14). The summed E-state index contributed by atoms with van der Waals surface area (Å²) < 4.78 is 1.13. The Morgan fingerprint density at radius 2 is 2.07 bits per heavy atom. The Balaban J connectivity index is 3.65. The molecule has 0 bridgehead atoms. The lowest BCUT2D eigenvalue weighted by Gasteiger charge is -2.14. The largest absolute Gasteiger partial charge is 0.494 e. The topological polar surface area (TPSA) is 85.3 Å². The second-order valence-corrected chi connectivity index (χ2v) is 3.69. The van der Waals surface area contributed by atoms with Gasteiger partial charge in [-0.1, -0.05) is 0 Å². The second-order valence-electron chi connectivity index (χ2n) is 3.69. The number of hydrogen-bond acceptors (Lipinski definition) is 3. The molecule has 1 aromatic rings. The highest BCUT2D eigenvalue weighted by Gasteiger charge is 2.17. The fourth-order valence-electron chi connectivity index (χ4n) is 1.53. The lowest BCUT2D eigenvalue weighted by atomic mass is 10.1. The number of carbonyl (C=O) groups excluding carboxylic acids is 1. The van der Waals surface area contributed by atoms with Crippen LogP contribution in [-0.4, -0.2) is 15.6 Å². The highest BCUT2D eigenvalue weighted by molar-refractivity contribution is 5.93. The van der Waals surface area contributed by atoms with Crippen LogP contribution in [0.1, 0.15) is 35.8 Å². The third-order valence-electron chi connectivity index (χ3n) is 2.18. The van der Waals surface area contributed by atoms with Crippen LogP contribution in [0, 0.1) is 6.92 Å². The van der Waals surface area contributed by atoms with Gasteiger partial charge in [0, 0.05) is 12.1 Å². The number of rotatable bonds is 2. The van der Waals surface area contributed by atoms with Crippen molar-refractivity contribution < 1.29 is 9.90 Å². The Hall–Kier alpha value is -1.78. The van der Waals surface area contributed by atoms with Crippen LogP contribution in [0.5, 0.6) is 5.88 Å². The lowest BCUT2D eigenvalue weighted by molar-refractivity contribution is 0.0997. The molecule has 1 aromatic heterocycles. The zero-order valence-corrected chi connectivity index (χ0v) is 8.94. The van der Waals surface area contributed by atoms with E-state index < -0.39 is 11.5 Å². The molecule has 0 saturated heterocycles. The van der Waals surface area contributed by atoms with Gasteiger partial charge >= 0.3 is 0 Å². The number of hydrogen-bond donors (Lipinski definition) is 2. The van der Waals surface area contributed by atoms with E-state index in [1.165, 1.54) is 6.07 Å². The third-order valence-corrected chi connectivity index (χ3v) is 2.18. The molecule has 0 atom stereocenters. The summed E-state index contributed by atoms with van der Waals surface area (Å²) in [5.41, 5.74) is 4.88. The molecule has 82 valence electrons. The molecule has 0 aliphatic heterocycles. The summed E-state index contributed by atoms with van der Waals surface area (Å²) in [5, 5.41) is 9.56. The smallest absolute Gasteiger partial charge is 0.266 e. The molecule has 0 spiro atoms. The van der Waals surface area contributed by atoms with Crippen molar-refractivity contribution in [2.75, 3.05) is 0 Å². The Labute approximate surface area is 87.1 Å². The van der Waals surface area contributed by atoms with Crippen molar-refractivity contribution in [1.29, 1.82) is 0 Å². The van der Waals surface area contributed by atoms with Crippen molar-refractivity contribution in [1.82, 2.24) is 4.57 Å². The summed E-state index contributed by atoms with van der Waals surface area (Å²) in [6.07, 6.45) is 0. The maximum absolute atomic E-state index is 11.8. The number of carbonyl (C=O) groups is 1. The van der Waals surface area contributed by atoms with E-state index in [1.54, 1.807) is 20.8 Å². The van der Waals surface area contributed by atoms with E-state index in [-0.39, 0.29) is 17.5 Å². The van der Waals surface area contributed by atoms with Crippen molar-refractivity contribution >= 4 is 5.91 Å². The van der Waals surface area contributed by atoms with E-state index in [9.17, 15) is 14.7 Å². The van der Waals surface area contributed by atoms with Crippen molar-refractivity contribution in [3.63, 3.8) is 0 Å². The minimum atomic E-state index is -0.771. The zero-order valence-electron chi connectivity index (χ0n) is 8.94. The SMILES string of the molecule is Cc1cc(O)n(C(C)C)c(=O)c1C(N)=O. The second kappa shape index (κ2) is 3.76. The van der Waals surface area contributed by atoms with Gasteiger partial charge in [-0.2, -0.15) is 0 Å². The molecule has 0 unspecified atom stereocenters. The summed E-state index contributed by atoms with van der Waals surface area (Å²) in [5.74, 6) is -0.926. The summed E-state index contributed by atoms with van der Waals surface area (Å²) in [7, 11) is 0. The molecule has 5 nitrogen and oxygen atoms in total. The van der Waals surface area contributed by atoms with Gasteiger partial charge in [0.25, 0.3) is 11.5 Å². The number of aryl methyl sites for hydroxylation is 1. The molecule has 1 amide bonds. The molecule has 0 aliphatic carbocycles. The van der Waals surface area contributed by atoms with Crippen LogP contribution >= 0.6 is 0 Å². The average molecular weight is 210 g/mol. The van der Waals surface area contributed by atoms with Crippen LogP contribution in [0.3, 0.4) is 0 Å². The predicted octanol–water partition coefficient (Wildman–Crippen LogP) is 0.542. The Morgan fingerprint density at radius 1 is 1.53 bits per heavy atom. The highest BCUT2D eigenvalue weighted by atomic mass is 16.3. The number of aromatic nitrogens is 1. The van der Waals surface area contributed by atoms with Gasteiger partial charge in [0.2, 0.25) is 0 Å². The van der Waals surface area contributed by atoms with Crippen molar-refractivity contribution in [2.24, 2.45) is 5.73 Å². The van der Waals surface area contributed by atoms with Crippen LogP contribution in [0.2, 0.25) is 0 Å². The molecular weight excluding hydrogens is 196 g/mol. The predicted molar refractivity (Wildman–Crippen MR) is 56.0 cm³/mol. The van der Waals surface area contributed by atoms with Gasteiger partial charge in [0.1, 0.15) is 5.56 Å². The number of primary amides is 1. The molecule has 0 aliphatic rings. The van der Waals surface area contributed by atoms with E-state index in [0.29, 0.717) is 5.56 Å². The summed E-state index contributed by atoms with van der Waals surface area (Å²) in [6, 6.07) is 1.14. The number of amides is 1. The minimum Gasteiger partial charge on any atom is -0.494 e. The van der Waals surface area contributed by atoms with Crippen molar-refractivity contribution in [2.45, 2.75) is 26.8 Å². The molecular formula is C10H14N2O3. The number of nitrogens with two attached hydrogens (primary N) is 1. The van der Waals surface area contributed by atoms with Crippen LogP contribution < -0.4 is 11.3 Å². The zero-order chi connectivity index (χ0) is 11.7. The average Bonchev–Trinajstić information content (AvgIpc) is 1.99. The van der Waals surface area contributed by atoms with E-state index in [2.05, 4.69) is 0 Å². The van der Waals surface area contributed by atoms with E-state index >= 15 is 0 Å². The maximum atomic E-state index is 11.8. The number of aromatic hydroxyl groups is 1. The van der Waals surface area contributed by atoms with Gasteiger partial charge in [-0.15, -0.1) is 0 Å². The highest BCUT2D eigenvalue weighted by Crippen LogP contribution is 2.16. The van der Waals surface area contributed by atoms with Crippen LogP contribution in [0.15, 0.2) is 10.9 Å². The Bertz CT molecular complexity index is 460. The molecule has 15 heavy (non-hydrogen) atoms. The quantitative estimate of drug-likeness (QED) is 0.747. The van der Waals surface area contributed by atoms with Gasteiger partial charge in [0.05, 0.1) is 0 Å². The van der Waals surface area contributed by atoms with Gasteiger partial charge in [-0.3, -0.25) is 14.2 Å². The van der Waals surface area contributed by atoms with Crippen molar-refractivity contribution in [3.05, 3.63) is 27.5 Å². The van der Waals surface area contributed by atoms with E-state index in [0.717, 1.165) is 4.57 Å². The van der Waals surface area contributed by atoms with E-state index in [1.807, 2.05) is 0 Å². The first-order valence-corrected chi connectivity index (χ1v) is 4.61. The molecule has 3 N–H and O–H groups in total. The molecule has 1 heterocycles. The Morgan fingerprint density at radius 3 is 2.47 bits per heavy atom. The first-order chi connectivity index (χ1) is 6.86. The molecule has 0 saturated carbocycles. The normalized spacial score (nSPS) is 10.7. The molecule has 1 rings (SSSR count). The molecule has 5 heteroatoms. The van der Waals surface area contributed by atoms with Gasteiger partial charge < -0.3 is 10.8 Å². The third kappa shape index (κ3) is 1.86. The van der Waals surface area contributed by atoms with Gasteiger partial charge in [-0.05, 0) is 26.3 Å². The summed E-state index contributed by atoms with van der Waals surface area (Å²) in [4.78, 5) is 22.9. The van der Waals surface area contributed by atoms with Crippen LogP contribution in [0.25, 0.3) is 0 Å².